The van der Waals surface area contributed by atoms with Crippen molar-refractivity contribution in [1.82, 2.24) is 0 Å². The Morgan fingerprint density at radius 1 is 1.14 bits per heavy atom. The molecular formula is C8H14O6. The molecule has 0 unspecified atom stereocenters. The van der Waals surface area contributed by atoms with E-state index in [9.17, 15) is 9.59 Å². The fraction of sp³-hybridized carbons (Fsp3) is 0.750. The van der Waals surface area contributed by atoms with Gasteiger partial charge in [-0.25, -0.2) is 9.59 Å². The van der Waals surface area contributed by atoms with Gasteiger partial charge in [-0.3, -0.25) is 0 Å². The molecule has 1 saturated heterocycles. The fourth-order valence-corrected chi connectivity index (χ4v) is 0.640. The largest absolute Gasteiger partial charge is 0.508 e. The highest BCUT2D eigenvalue weighted by Gasteiger charge is 2.06. The number of carbonyl (C=O) groups is 2. The smallest absolute Gasteiger partial charge is 0.438 e. The highest BCUT2D eigenvalue weighted by molar-refractivity contribution is 5.59. The molecule has 0 spiro atoms. The Morgan fingerprint density at radius 2 is 1.57 bits per heavy atom. The quantitative estimate of drug-likeness (QED) is 0.557. The summed E-state index contributed by atoms with van der Waals surface area (Å²) in [4.78, 5) is 20.0. The Morgan fingerprint density at radius 3 is 1.86 bits per heavy atom. The van der Waals surface area contributed by atoms with Crippen molar-refractivity contribution in [3.05, 3.63) is 0 Å². The minimum atomic E-state index is -0.657. The number of methoxy groups -OCH3 is 2. The van der Waals surface area contributed by atoms with Crippen molar-refractivity contribution in [2.75, 3.05) is 27.4 Å². The highest BCUT2D eigenvalue weighted by atomic mass is 16.7. The first-order chi connectivity index (χ1) is 6.70. The van der Waals surface area contributed by atoms with Crippen LogP contribution in [0.25, 0.3) is 0 Å². The molecule has 1 fully saturated rings. The third-order valence-corrected chi connectivity index (χ3v) is 1.31. The lowest BCUT2D eigenvalue weighted by Crippen LogP contribution is -2.02. The molecular weight excluding hydrogens is 192 g/mol. The predicted molar refractivity (Wildman–Crippen MR) is 45.9 cm³/mol. The number of cyclic esters (lactones) is 2. The van der Waals surface area contributed by atoms with E-state index in [0.29, 0.717) is 13.2 Å². The first-order valence-electron chi connectivity index (χ1n) is 4.12. The van der Waals surface area contributed by atoms with E-state index in [-0.39, 0.29) is 0 Å². The number of carbonyl (C=O) groups excluding carboxylic acids is 2. The van der Waals surface area contributed by atoms with E-state index in [2.05, 4.69) is 18.9 Å². The Kier molecular flexibility index (Phi) is 7.30. The van der Waals surface area contributed by atoms with Gasteiger partial charge in [0.15, 0.2) is 0 Å². The van der Waals surface area contributed by atoms with Gasteiger partial charge in [-0.05, 0) is 12.8 Å². The molecule has 14 heavy (non-hydrogen) atoms. The van der Waals surface area contributed by atoms with Crippen molar-refractivity contribution in [3.63, 3.8) is 0 Å². The molecule has 0 aromatic carbocycles. The van der Waals surface area contributed by atoms with Crippen LogP contribution < -0.4 is 0 Å². The lowest BCUT2D eigenvalue weighted by atomic mass is 10.3. The predicted octanol–water partition coefficient (Wildman–Crippen LogP) is 1.33. The first kappa shape index (κ1) is 12.5. The summed E-state index contributed by atoms with van der Waals surface area (Å²) in [5.74, 6) is 0. The minimum absolute atomic E-state index is 0.513. The van der Waals surface area contributed by atoms with Crippen molar-refractivity contribution in [2.24, 2.45) is 0 Å². The summed E-state index contributed by atoms with van der Waals surface area (Å²) in [5.41, 5.74) is 0. The molecule has 1 rings (SSSR count). The second-order valence-corrected chi connectivity index (χ2v) is 2.31. The van der Waals surface area contributed by atoms with E-state index in [4.69, 9.17) is 0 Å². The van der Waals surface area contributed by atoms with E-state index in [1.807, 2.05) is 0 Å². The summed E-state index contributed by atoms with van der Waals surface area (Å²) in [6.07, 6.45) is 0.662. The molecule has 0 N–H and O–H groups in total. The van der Waals surface area contributed by atoms with Crippen molar-refractivity contribution in [2.45, 2.75) is 12.8 Å². The minimum Gasteiger partial charge on any atom is -0.438 e. The SMILES string of the molecule is COC(=O)OC.O=C1OCCCCO1. The number of ether oxygens (including phenoxy) is 4. The van der Waals surface area contributed by atoms with Crippen LogP contribution >= 0.6 is 0 Å². The summed E-state index contributed by atoms with van der Waals surface area (Å²) < 4.78 is 17.2. The molecule has 0 radical (unpaired) electrons. The van der Waals surface area contributed by atoms with Crippen molar-refractivity contribution < 1.29 is 28.5 Å². The Hall–Kier alpha value is -1.46. The van der Waals surface area contributed by atoms with Crippen molar-refractivity contribution >= 4 is 12.3 Å². The van der Waals surface area contributed by atoms with Gasteiger partial charge in [0, 0.05) is 0 Å². The van der Waals surface area contributed by atoms with Gasteiger partial charge in [-0.1, -0.05) is 0 Å². The third kappa shape index (κ3) is 7.20. The molecule has 6 nitrogen and oxygen atoms in total. The topological polar surface area (TPSA) is 71.1 Å². The molecule has 6 heteroatoms. The number of rotatable bonds is 0. The standard InChI is InChI=1S/C5H8O3.C3H6O3/c6-5-7-3-1-2-4-8-5;1-5-3(4)6-2/h1-4H2;1-2H3. The van der Waals surface area contributed by atoms with Crippen LogP contribution in [0.4, 0.5) is 9.59 Å². The van der Waals surface area contributed by atoms with Crippen LogP contribution in [-0.2, 0) is 18.9 Å². The summed E-state index contributed by atoms with van der Waals surface area (Å²) >= 11 is 0. The van der Waals surface area contributed by atoms with Gasteiger partial charge >= 0.3 is 12.3 Å². The summed E-state index contributed by atoms with van der Waals surface area (Å²) in [5, 5.41) is 0. The van der Waals surface area contributed by atoms with Gasteiger partial charge in [-0.15, -0.1) is 0 Å². The summed E-state index contributed by atoms with van der Waals surface area (Å²) in [6, 6.07) is 0. The maximum atomic E-state index is 10.2. The summed E-state index contributed by atoms with van der Waals surface area (Å²) in [6.45, 7) is 1.03. The van der Waals surface area contributed by atoms with Crippen LogP contribution in [0.3, 0.4) is 0 Å². The number of hydrogen-bond donors (Lipinski definition) is 0. The maximum Gasteiger partial charge on any atom is 0.508 e. The van der Waals surface area contributed by atoms with E-state index in [1.54, 1.807) is 0 Å². The molecule has 0 aliphatic carbocycles. The van der Waals surface area contributed by atoms with Crippen molar-refractivity contribution in [1.29, 1.82) is 0 Å². The lowest BCUT2D eigenvalue weighted by Gasteiger charge is -1.94. The van der Waals surface area contributed by atoms with E-state index >= 15 is 0 Å². The molecule has 82 valence electrons. The Bertz CT molecular complexity index is 163. The fourth-order valence-electron chi connectivity index (χ4n) is 0.640. The van der Waals surface area contributed by atoms with Gasteiger partial charge in [0.25, 0.3) is 0 Å². The van der Waals surface area contributed by atoms with Crippen LogP contribution in [-0.4, -0.2) is 39.7 Å². The van der Waals surface area contributed by atoms with Crippen LogP contribution in [0, 0.1) is 0 Å². The van der Waals surface area contributed by atoms with Crippen LogP contribution in [0.2, 0.25) is 0 Å². The van der Waals surface area contributed by atoms with E-state index in [1.165, 1.54) is 14.2 Å². The molecule has 1 aliphatic rings. The first-order valence-corrected chi connectivity index (χ1v) is 4.12. The zero-order valence-electron chi connectivity index (χ0n) is 8.28. The van der Waals surface area contributed by atoms with Crippen LogP contribution in [0.15, 0.2) is 0 Å². The molecule has 0 aromatic rings. The molecule has 0 atom stereocenters. The monoisotopic (exact) mass is 206 g/mol. The molecule has 1 heterocycles. The average molecular weight is 206 g/mol. The zero-order chi connectivity index (χ0) is 10.8. The van der Waals surface area contributed by atoms with Gasteiger partial charge in [0.05, 0.1) is 27.4 Å². The van der Waals surface area contributed by atoms with Crippen LogP contribution in [0.1, 0.15) is 12.8 Å². The zero-order valence-corrected chi connectivity index (χ0v) is 8.28. The lowest BCUT2D eigenvalue weighted by molar-refractivity contribution is 0.0728. The second-order valence-electron chi connectivity index (χ2n) is 2.31. The maximum absolute atomic E-state index is 10.2. The third-order valence-electron chi connectivity index (χ3n) is 1.31. The second kappa shape index (κ2) is 8.15. The molecule has 0 saturated carbocycles. The Labute approximate surface area is 82.1 Å². The van der Waals surface area contributed by atoms with Gasteiger partial charge in [0.2, 0.25) is 0 Å². The van der Waals surface area contributed by atoms with Gasteiger partial charge in [-0.2, -0.15) is 0 Å². The normalized spacial score (nSPS) is 14.9. The molecule has 0 amide bonds. The average Bonchev–Trinajstić information content (AvgIpc) is 2.45. The van der Waals surface area contributed by atoms with E-state index in [0.717, 1.165) is 12.8 Å². The Balaban J connectivity index is 0.000000255. The molecule has 1 aliphatic heterocycles. The highest BCUT2D eigenvalue weighted by Crippen LogP contribution is 1.99. The van der Waals surface area contributed by atoms with E-state index < -0.39 is 12.3 Å². The number of hydrogen-bond acceptors (Lipinski definition) is 6. The molecule has 0 bridgehead atoms. The van der Waals surface area contributed by atoms with Crippen molar-refractivity contribution in [3.8, 4) is 0 Å². The van der Waals surface area contributed by atoms with Crippen LogP contribution in [0.5, 0.6) is 0 Å². The molecule has 0 aromatic heterocycles. The van der Waals surface area contributed by atoms with Gasteiger partial charge in [0.1, 0.15) is 0 Å². The van der Waals surface area contributed by atoms with Gasteiger partial charge < -0.3 is 18.9 Å². The summed E-state index contributed by atoms with van der Waals surface area (Å²) in [7, 11) is 2.51.